The fourth-order valence-electron chi connectivity index (χ4n) is 1.96. The molecule has 0 bridgehead atoms. The van der Waals surface area contributed by atoms with Gasteiger partial charge < -0.3 is 10.5 Å². The van der Waals surface area contributed by atoms with E-state index in [0.29, 0.717) is 26.2 Å². The zero-order valence-electron chi connectivity index (χ0n) is 11.8. The molecular weight excluding hydrogens is 242 g/mol. The highest BCUT2D eigenvalue weighted by molar-refractivity contribution is 5.71. The standard InChI is InChI=1S/C14H23N3O2/c1-3-8-17(11-14(18)19-4-2)10-12-6-5-7-16-13(12)9-15/h5-7H,3-4,8-11,15H2,1-2H3. The maximum atomic E-state index is 11.6. The zero-order chi connectivity index (χ0) is 14.1. The molecule has 0 saturated carbocycles. The number of rotatable bonds is 8. The van der Waals surface area contributed by atoms with E-state index < -0.39 is 0 Å². The molecule has 0 amide bonds. The molecule has 1 heterocycles. The van der Waals surface area contributed by atoms with Crippen molar-refractivity contribution in [2.75, 3.05) is 19.7 Å². The van der Waals surface area contributed by atoms with Crippen molar-refractivity contribution in [1.82, 2.24) is 9.88 Å². The second-order valence-electron chi connectivity index (χ2n) is 4.33. The number of aromatic nitrogens is 1. The maximum Gasteiger partial charge on any atom is 0.320 e. The van der Waals surface area contributed by atoms with Crippen LogP contribution < -0.4 is 5.73 Å². The largest absolute Gasteiger partial charge is 0.465 e. The first-order valence-electron chi connectivity index (χ1n) is 6.72. The maximum absolute atomic E-state index is 11.6. The lowest BCUT2D eigenvalue weighted by Crippen LogP contribution is -2.32. The molecule has 19 heavy (non-hydrogen) atoms. The van der Waals surface area contributed by atoms with Crippen molar-refractivity contribution in [3.05, 3.63) is 29.6 Å². The normalized spacial score (nSPS) is 10.7. The number of nitrogens with zero attached hydrogens (tertiary/aromatic N) is 2. The van der Waals surface area contributed by atoms with E-state index in [2.05, 4.69) is 16.8 Å². The van der Waals surface area contributed by atoms with E-state index in [1.807, 2.05) is 19.1 Å². The highest BCUT2D eigenvalue weighted by Gasteiger charge is 2.13. The van der Waals surface area contributed by atoms with E-state index in [1.54, 1.807) is 6.20 Å². The number of pyridine rings is 1. The van der Waals surface area contributed by atoms with Crippen LogP contribution in [0.15, 0.2) is 18.3 Å². The fraction of sp³-hybridized carbons (Fsp3) is 0.571. The van der Waals surface area contributed by atoms with Gasteiger partial charge in [0.15, 0.2) is 0 Å². The highest BCUT2D eigenvalue weighted by atomic mass is 16.5. The molecule has 0 unspecified atom stereocenters. The minimum Gasteiger partial charge on any atom is -0.465 e. The Hall–Kier alpha value is -1.46. The van der Waals surface area contributed by atoms with Crippen LogP contribution in [0.1, 0.15) is 31.5 Å². The highest BCUT2D eigenvalue weighted by Crippen LogP contribution is 2.09. The summed E-state index contributed by atoms with van der Waals surface area (Å²) >= 11 is 0. The summed E-state index contributed by atoms with van der Waals surface area (Å²) in [5.41, 5.74) is 7.63. The Morgan fingerprint density at radius 1 is 1.47 bits per heavy atom. The number of carbonyl (C=O) groups is 1. The summed E-state index contributed by atoms with van der Waals surface area (Å²) in [5.74, 6) is -0.186. The minimum absolute atomic E-state index is 0.186. The van der Waals surface area contributed by atoms with E-state index in [1.165, 1.54) is 0 Å². The number of ether oxygens (including phenoxy) is 1. The molecule has 0 radical (unpaired) electrons. The molecular formula is C14H23N3O2. The van der Waals surface area contributed by atoms with Crippen LogP contribution >= 0.6 is 0 Å². The Balaban J connectivity index is 2.69. The summed E-state index contributed by atoms with van der Waals surface area (Å²) in [7, 11) is 0. The van der Waals surface area contributed by atoms with Crippen LogP contribution in [0.2, 0.25) is 0 Å². The molecule has 0 aromatic carbocycles. The first kappa shape index (κ1) is 15.6. The van der Waals surface area contributed by atoms with E-state index in [0.717, 1.165) is 24.2 Å². The molecule has 106 valence electrons. The van der Waals surface area contributed by atoms with Gasteiger partial charge in [-0.1, -0.05) is 13.0 Å². The third kappa shape index (κ3) is 5.36. The summed E-state index contributed by atoms with van der Waals surface area (Å²) in [4.78, 5) is 17.9. The predicted molar refractivity (Wildman–Crippen MR) is 74.3 cm³/mol. The molecule has 0 saturated heterocycles. The second-order valence-corrected chi connectivity index (χ2v) is 4.33. The monoisotopic (exact) mass is 265 g/mol. The molecule has 5 nitrogen and oxygen atoms in total. The molecule has 0 spiro atoms. The van der Waals surface area contributed by atoms with Crippen molar-refractivity contribution in [2.24, 2.45) is 5.73 Å². The van der Waals surface area contributed by atoms with Gasteiger partial charge in [0.2, 0.25) is 0 Å². The second kappa shape index (κ2) is 8.61. The molecule has 0 fully saturated rings. The van der Waals surface area contributed by atoms with Crippen molar-refractivity contribution in [1.29, 1.82) is 0 Å². The van der Waals surface area contributed by atoms with E-state index in [9.17, 15) is 4.79 Å². The van der Waals surface area contributed by atoms with Crippen molar-refractivity contribution in [3.63, 3.8) is 0 Å². The van der Waals surface area contributed by atoms with Crippen molar-refractivity contribution in [3.8, 4) is 0 Å². The lowest BCUT2D eigenvalue weighted by Gasteiger charge is -2.21. The number of esters is 1. The van der Waals surface area contributed by atoms with Gasteiger partial charge in [-0.15, -0.1) is 0 Å². The molecule has 1 aromatic rings. The van der Waals surface area contributed by atoms with Gasteiger partial charge in [-0.25, -0.2) is 0 Å². The van der Waals surface area contributed by atoms with Gasteiger partial charge in [-0.3, -0.25) is 14.7 Å². The summed E-state index contributed by atoms with van der Waals surface area (Å²) < 4.78 is 4.99. The van der Waals surface area contributed by atoms with Gasteiger partial charge in [0.25, 0.3) is 0 Å². The topological polar surface area (TPSA) is 68.5 Å². The smallest absolute Gasteiger partial charge is 0.320 e. The van der Waals surface area contributed by atoms with Gasteiger partial charge in [0.05, 0.1) is 18.8 Å². The Morgan fingerprint density at radius 3 is 2.89 bits per heavy atom. The Morgan fingerprint density at radius 2 is 2.26 bits per heavy atom. The molecule has 1 aromatic heterocycles. The summed E-state index contributed by atoms with van der Waals surface area (Å²) in [6.45, 7) is 6.56. The molecule has 5 heteroatoms. The van der Waals surface area contributed by atoms with Gasteiger partial charge >= 0.3 is 5.97 Å². The molecule has 0 aliphatic rings. The third-order valence-electron chi connectivity index (χ3n) is 2.77. The van der Waals surface area contributed by atoms with E-state index in [4.69, 9.17) is 10.5 Å². The molecule has 0 aliphatic heterocycles. The van der Waals surface area contributed by atoms with Crippen LogP contribution in [-0.2, 0) is 22.6 Å². The van der Waals surface area contributed by atoms with Crippen molar-refractivity contribution < 1.29 is 9.53 Å². The van der Waals surface area contributed by atoms with Crippen LogP contribution in [-0.4, -0.2) is 35.5 Å². The Kier molecular flexibility index (Phi) is 7.07. The SMILES string of the molecule is CCCN(CC(=O)OCC)Cc1cccnc1CN. The third-order valence-corrected chi connectivity index (χ3v) is 2.77. The number of hydrogen-bond donors (Lipinski definition) is 1. The van der Waals surface area contributed by atoms with Gasteiger partial charge in [-0.2, -0.15) is 0 Å². The number of nitrogens with two attached hydrogens (primary N) is 1. The zero-order valence-corrected chi connectivity index (χ0v) is 11.8. The summed E-state index contributed by atoms with van der Waals surface area (Å²) in [6.07, 6.45) is 2.72. The number of carbonyl (C=O) groups excluding carboxylic acids is 1. The average molecular weight is 265 g/mol. The minimum atomic E-state index is -0.186. The average Bonchev–Trinajstić information content (AvgIpc) is 2.40. The van der Waals surface area contributed by atoms with Gasteiger partial charge in [0, 0.05) is 19.3 Å². The lowest BCUT2D eigenvalue weighted by molar-refractivity contribution is -0.144. The van der Waals surface area contributed by atoms with Gasteiger partial charge in [-0.05, 0) is 31.5 Å². The Bertz CT molecular complexity index is 396. The van der Waals surface area contributed by atoms with Crippen LogP contribution in [0, 0.1) is 0 Å². The molecule has 2 N–H and O–H groups in total. The Labute approximate surface area is 114 Å². The van der Waals surface area contributed by atoms with Crippen LogP contribution in [0.4, 0.5) is 0 Å². The van der Waals surface area contributed by atoms with Crippen LogP contribution in [0.25, 0.3) is 0 Å². The van der Waals surface area contributed by atoms with E-state index in [-0.39, 0.29) is 5.97 Å². The quantitative estimate of drug-likeness (QED) is 0.718. The summed E-state index contributed by atoms with van der Waals surface area (Å²) in [5, 5.41) is 0. The van der Waals surface area contributed by atoms with Crippen LogP contribution in [0.3, 0.4) is 0 Å². The van der Waals surface area contributed by atoms with Crippen LogP contribution in [0.5, 0.6) is 0 Å². The molecule has 1 rings (SSSR count). The van der Waals surface area contributed by atoms with E-state index >= 15 is 0 Å². The summed E-state index contributed by atoms with van der Waals surface area (Å²) in [6, 6.07) is 3.89. The number of hydrogen-bond acceptors (Lipinski definition) is 5. The predicted octanol–water partition coefficient (Wildman–Crippen LogP) is 1.32. The first-order valence-corrected chi connectivity index (χ1v) is 6.72. The van der Waals surface area contributed by atoms with Crippen molar-refractivity contribution >= 4 is 5.97 Å². The lowest BCUT2D eigenvalue weighted by atomic mass is 10.1. The van der Waals surface area contributed by atoms with Crippen molar-refractivity contribution in [2.45, 2.75) is 33.4 Å². The molecule has 0 aliphatic carbocycles. The van der Waals surface area contributed by atoms with Gasteiger partial charge in [0.1, 0.15) is 0 Å². The first-order chi connectivity index (χ1) is 9.21. The fourth-order valence-corrected chi connectivity index (χ4v) is 1.96. The molecule has 0 atom stereocenters.